The molecule has 2 N–H and O–H groups in total. The molecule has 0 aliphatic heterocycles. The van der Waals surface area contributed by atoms with Crippen molar-refractivity contribution in [2.75, 3.05) is 7.11 Å². The van der Waals surface area contributed by atoms with E-state index < -0.39 is 5.91 Å². The number of rotatable bonds is 5. The molecule has 0 aliphatic rings. The number of amides is 1. The van der Waals surface area contributed by atoms with Gasteiger partial charge in [0, 0.05) is 0 Å². The predicted octanol–water partition coefficient (Wildman–Crippen LogP) is 3.79. The van der Waals surface area contributed by atoms with Gasteiger partial charge in [-0.3, -0.25) is 4.79 Å². The van der Waals surface area contributed by atoms with Gasteiger partial charge in [-0.1, -0.05) is 30.3 Å². The van der Waals surface area contributed by atoms with Crippen molar-refractivity contribution in [2.45, 2.75) is 13.0 Å². The SMILES string of the molecule is COc1cc(/C=C(\C#N)C(=O)N[C@H](C)c2ccccc2)cc(I)c1O. The molecule has 1 atom stereocenters. The molecule has 25 heavy (non-hydrogen) atoms. The number of carbonyl (C=O) groups excluding carboxylic acids is 1. The van der Waals surface area contributed by atoms with Gasteiger partial charge in [0.05, 0.1) is 16.7 Å². The van der Waals surface area contributed by atoms with Crippen LogP contribution in [-0.2, 0) is 4.79 Å². The third-order valence-electron chi connectivity index (χ3n) is 3.59. The molecule has 1 amide bonds. The number of halogens is 1. The van der Waals surface area contributed by atoms with Crippen LogP contribution in [0.15, 0.2) is 48.0 Å². The second-order valence-electron chi connectivity index (χ2n) is 5.33. The molecule has 128 valence electrons. The number of hydrogen-bond acceptors (Lipinski definition) is 4. The van der Waals surface area contributed by atoms with Gasteiger partial charge in [0.25, 0.3) is 5.91 Å². The van der Waals surface area contributed by atoms with E-state index in [1.54, 1.807) is 12.1 Å². The van der Waals surface area contributed by atoms with Gasteiger partial charge in [0.2, 0.25) is 0 Å². The van der Waals surface area contributed by atoms with Crippen LogP contribution in [0, 0.1) is 14.9 Å². The minimum Gasteiger partial charge on any atom is -0.504 e. The van der Waals surface area contributed by atoms with Crippen LogP contribution in [-0.4, -0.2) is 18.1 Å². The molecule has 2 aromatic carbocycles. The molecule has 0 aromatic heterocycles. The van der Waals surface area contributed by atoms with Crippen molar-refractivity contribution in [3.8, 4) is 17.6 Å². The number of phenolic OH excluding ortho intramolecular Hbond substituents is 1. The summed E-state index contributed by atoms with van der Waals surface area (Å²) >= 11 is 1.96. The molecule has 2 aromatic rings. The average molecular weight is 448 g/mol. The van der Waals surface area contributed by atoms with Gasteiger partial charge in [0.15, 0.2) is 11.5 Å². The highest BCUT2D eigenvalue weighted by Gasteiger charge is 2.15. The minimum absolute atomic E-state index is 0.0219. The van der Waals surface area contributed by atoms with Crippen LogP contribution in [0.25, 0.3) is 6.08 Å². The van der Waals surface area contributed by atoms with Crippen LogP contribution in [0.1, 0.15) is 24.1 Å². The summed E-state index contributed by atoms with van der Waals surface area (Å²) in [5.74, 6) is -0.143. The number of hydrogen-bond donors (Lipinski definition) is 2. The molecule has 0 saturated carbocycles. The van der Waals surface area contributed by atoms with Crippen molar-refractivity contribution in [3.63, 3.8) is 0 Å². The van der Waals surface area contributed by atoms with Crippen LogP contribution in [0.4, 0.5) is 0 Å². The number of benzene rings is 2. The average Bonchev–Trinajstić information content (AvgIpc) is 2.62. The smallest absolute Gasteiger partial charge is 0.262 e. The van der Waals surface area contributed by atoms with Gasteiger partial charge in [-0.25, -0.2) is 0 Å². The molecule has 2 rings (SSSR count). The zero-order valence-corrected chi connectivity index (χ0v) is 15.9. The summed E-state index contributed by atoms with van der Waals surface area (Å²) in [6, 6.07) is 14.4. The Hall–Kier alpha value is -2.53. The van der Waals surface area contributed by atoms with Crippen LogP contribution < -0.4 is 10.1 Å². The van der Waals surface area contributed by atoms with E-state index in [1.807, 2.05) is 65.9 Å². The predicted molar refractivity (Wildman–Crippen MR) is 104 cm³/mol. The van der Waals surface area contributed by atoms with Gasteiger partial charge >= 0.3 is 0 Å². The lowest BCUT2D eigenvalue weighted by atomic mass is 10.1. The molecule has 6 heteroatoms. The van der Waals surface area contributed by atoms with E-state index in [-0.39, 0.29) is 23.1 Å². The lowest BCUT2D eigenvalue weighted by molar-refractivity contribution is -0.117. The zero-order valence-electron chi connectivity index (χ0n) is 13.8. The summed E-state index contributed by atoms with van der Waals surface area (Å²) in [5.41, 5.74) is 1.53. The first kappa shape index (κ1) is 18.8. The van der Waals surface area contributed by atoms with Crippen molar-refractivity contribution in [1.82, 2.24) is 5.32 Å². The molecule has 5 nitrogen and oxygen atoms in total. The maximum Gasteiger partial charge on any atom is 0.262 e. The van der Waals surface area contributed by atoms with Crippen molar-refractivity contribution < 1.29 is 14.6 Å². The number of ether oxygens (including phenoxy) is 1. The van der Waals surface area contributed by atoms with Crippen molar-refractivity contribution in [3.05, 3.63) is 62.7 Å². The molecule has 0 spiro atoms. The van der Waals surface area contributed by atoms with Gasteiger partial charge in [-0.2, -0.15) is 5.26 Å². The topological polar surface area (TPSA) is 82.3 Å². The van der Waals surface area contributed by atoms with Gasteiger partial charge < -0.3 is 15.2 Å². The summed E-state index contributed by atoms with van der Waals surface area (Å²) in [7, 11) is 1.44. The van der Waals surface area contributed by atoms with E-state index in [0.29, 0.717) is 9.13 Å². The Labute approximate surface area is 160 Å². The Morgan fingerprint density at radius 1 is 1.36 bits per heavy atom. The number of methoxy groups -OCH3 is 1. The molecule has 0 unspecified atom stereocenters. The summed E-state index contributed by atoms with van der Waals surface area (Å²) in [4.78, 5) is 12.4. The van der Waals surface area contributed by atoms with Crippen LogP contribution in [0.2, 0.25) is 0 Å². The summed E-state index contributed by atoms with van der Waals surface area (Å²) in [5, 5.41) is 22.0. The second kappa shape index (κ2) is 8.53. The summed E-state index contributed by atoms with van der Waals surface area (Å²) in [6.45, 7) is 1.86. The molecule has 0 saturated heterocycles. The van der Waals surface area contributed by atoms with Gasteiger partial charge in [-0.05, 0) is 58.9 Å². The Balaban J connectivity index is 2.24. The largest absolute Gasteiger partial charge is 0.504 e. The fourth-order valence-electron chi connectivity index (χ4n) is 2.25. The fourth-order valence-corrected chi connectivity index (χ4v) is 2.87. The van der Waals surface area contributed by atoms with E-state index >= 15 is 0 Å². The molecule has 0 radical (unpaired) electrons. The monoisotopic (exact) mass is 448 g/mol. The highest BCUT2D eigenvalue weighted by atomic mass is 127. The fraction of sp³-hybridized carbons (Fsp3) is 0.158. The first-order chi connectivity index (χ1) is 12.0. The van der Waals surface area contributed by atoms with Crippen molar-refractivity contribution >= 4 is 34.6 Å². The van der Waals surface area contributed by atoms with E-state index in [1.165, 1.54) is 13.2 Å². The van der Waals surface area contributed by atoms with Crippen molar-refractivity contribution in [2.24, 2.45) is 0 Å². The number of nitrogens with zero attached hydrogens (tertiary/aromatic N) is 1. The summed E-state index contributed by atoms with van der Waals surface area (Å²) in [6.07, 6.45) is 1.47. The minimum atomic E-state index is -0.457. The van der Waals surface area contributed by atoms with E-state index in [4.69, 9.17) is 4.74 Å². The molecular formula is C19H17IN2O3. The zero-order chi connectivity index (χ0) is 18.4. The highest BCUT2D eigenvalue weighted by Crippen LogP contribution is 2.33. The molecule has 0 bridgehead atoms. The normalized spacial score (nSPS) is 12.2. The van der Waals surface area contributed by atoms with Crippen LogP contribution in [0.3, 0.4) is 0 Å². The van der Waals surface area contributed by atoms with Crippen molar-refractivity contribution in [1.29, 1.82) is 5.26 Å². The highest BCUT2D eigenvalue weighted by molar-refractivity contribution is 14.1. The third kappa shape index (κ3) is 4.73. The van der Waals surface area contributed by atoms with E-state index in [2.05, 4.69) is 5.32 Å². The lowest BCUT2D eigenvalue weighted by Crippen LogP contribution is -2.27. The van der Waals surface area contributed by atoms with Gasteiger partial charge in [0.1, 0.15) is 11.6 Å². The maximum atomic E-state index is 12.4. The standard InChI is InChI=1S/C19H17IN2O3/c1-12(14-6-4-3-5-7-14)22-19(24)15(11-21)8-13-9-16(20)18(23)17(10-13)25-2/h3-10,12,23H,1-2H3,(H,22,24)/b15-8+/t12-/m1/s1. The number of nitriles is 1. The van der Waals surface area contributed by atoms with E-state index in [0.717, 1.165) is 5.56 Å². The first-order valence-electron chi connectivity index (χ1n) is 7.50. The second-order valence-corrected chi connectivity index (χ2v) is 6.49. The lowest BCUT2D eigenvalue weighted by Gasteiger charge is -2.14. The number of aromatic hydroxyl groups is 1. The van der Waals surface area contributed by atoms with E-state index in [9.17, 15) is 15.2 Å². The molecular weight excluding hydrogens is 431 g/mol. The Kier molecular flexibility index (Phi) is 6.42. The Morgan fingerprint density at radius 3 is 2.64 bits per heavy atom. The molecule has 0 aliphatic carbocycles. The number of phenols is 1. The number of carbonyl (C=O) groups is 1. The quantitative estimate of drug-likeness (QED) is 0.415. The van der Waals surface area contributed by atoms with Gasteiger partial charge in [-0.15, -0.1) is 0 Å². The molecule has 0 fully saturated rings. The van der Waals surface area contributed by atoms with Crippen LogP contribution >= 0.6 is 22.6 Å². The Morgan fingerprint density at radius 2 is 2.04 bits per heavy atom. The third-order valence-corrected chi connectivity index (χ3v) is 4.42. The first-order valence-corrected chi connectivity index (χ1v) is 8.58. The number of nitrogens with one attached hydrogen (secondary N) is 1. The molecule has 0 heterocycles. The Bertz CT molecular complexity index is 842. The maximum absolute atomic E-state index is 12.4. The van der Waals surface area contributed by atoms with Crippen LogP contribution in [0.5, 0.6) is 11.5 Å². The summed E-state index contributed by atoms with van der Waals surface area (Å²) < 4.78 is 5.67.